The number of ether oxygens (including phenoxy) is 2. The molecule has 3 N–H and O–H groups in total. The average molecular weight is 415 g/mol. The number of oxime groups is 1. The van der Waals surface area contributed by atoms with Crippen LogP contribution in [-0.4, -0.2) is 49.8 Å². The van der Waals surface area contributed by atoms with E-state index in [4.69, 9.17) is 25.5 Å². The summed E-state index contributed by atoms with van der Waals surface area (Å²) in [5, 5.41) is 11.0. The van der Waals surface area contributed by atoms with Crippen LogP contribution in [0.5, 0.6) is 5.75 Å². The van der Waals surface area contributed by atoms with Gasteiger partial charge in [-0.1, -0.05) is 23.4 Å². The molecule has 1 aliphatic heterocycles. The first-order valence-corrected chi connectivity index (χ1v) is 9.07. The SMILES string of the molecule is CON=C1CN(c2ncc(-c3cccc(COC(=O)CC(=N)N)c3F)cc2OC)C1. The van der Waals surface area contributed by atoms with Crippen LogP contribution in [0.3, 0.4) is 0 Å². The van der Waals surface area contributed by atoms with Crippen molar-refractivity contribution in [2.24, 2.45) is 10.9 Å². The zero-order valence-electron chi connectivity index (χ0n) is 16.6. The number of rotatable bonds is 8. The molecule has 1 saturated heterocycles. The van der Waals surface area contributed by atoms with E-state index in [1.54, 1.807) is 24.4 Å². The number of carbonyl (C=O) groups is 1. The van der Waals surface area contributed by atoms with Crippen molar-refractivity contribution in [2.45, 2.75) is 13.0 Å². The minimum absolute atomic E-state index is 0.204. The minimum atomic E-state index is -0.689. The number of nitrogens with zero attached hydrogens (tertiary/aromatic N) is 3. The molecule has 0 radical (unpaired) electrons. The van der Waals surface area contributed by atoms with Crippen molar-refractivity contribution in [1.29, 1.82) is 5.41 Å². The summed E-state index contributed by atoms with van der Waals surface area (Å²) < 4.78 is 25.4. The maximum atomic E-state index is 15.0. The van der Waals surface area contributed by atoms with Gasteiger partial charge in [0.1, 0.15) is 31.8 Å². The molecule has 0 atom stereocenters. The molecule has 9 nitrogen and oxygen atoms in total. The molecule has 158 valence electrons. The van der Waals surface area contributed by atoms with Gasteiger partial charge in [0.2, 0.25) is 0 Å². The van der Waals surface area contributed by atoms with Crippen molar-refractivity contribution in [2.75, 3.05) is 32.2 Å². The second kappa shape index (κ2) is 9.21. The van der Waals surface area contributed by atoms with E-state index in [9.17, 15) is 4.79 Å². The smallest absolute Gasteiger partial charge is 0.313 e. The third-order valence-electron chi connectivity index (χ3n) is 4.43. The number of aromatic nitrogens is 1. The summed E-state index contributed by atoms with van der Waals surface area (Å²) in [6.07, 6.45) is 1.23. The van der Waals surface area contributed by atoms with Gasteiger partial charge in [0, 0.05) is 22.9 Å². The monoisotopic (exact) mass is 415 g/mol. The zero-order valence-corrected chi connectivity index (χ0v) is 16.6. The van der Waals surface area contributed by atoms with E-state index in [-0.39, 0.29) is 24.4 Å². The number of anilines is 1. The molecule has 0 aliphatic carbocycles. The quantitative estimate of drug-likeness (QED) is 0.293. The number of amidine groups is 1. The first-order valence-electron chi connectivity index (χ1n) is 9.07. The van der Waals surface area contributed by atoms with Gasteiger partial charge in [-0.3, -0.25) is 10.2 Å². The van der Waals surface area contributed by atoms with Gasteiger partial charge < -0.3 is 24.9 Å². The first-order chi connectivity index (χ1) is 14.4. The molecule has 2 heterocycles. The standard InChI is InChI=1S/C20H22FN5O4/c1-28-16-6-13(8-24-20(16)26-9-14(10-26)25-29-2)15-5-3-4-12(19(15)21)11-30-18(27)7-17(22)23/h3-6,8H,7,9-11H2,1-2H3,(H3,22,23). The molecule has 0 spiro atoms. The van der Waals surface area contributed by atoms with Gasteiger partial charge >= 0.3 is 5.97 Å². The van der Waals surface area contributed by atoms with E-state index < -0.39 is 11.8 Å². The van der Waals surface area contributed by atoms with E-state index in [1.165, 1.54) is 20.3 Å². The number of nitrogens with two attached hydrogens (primary N) is 1. The highest BCUT2D eigenvalue weighted by Gasteiger charge is 2.27. The van der Waals surface area contributed by atoms with Crippen LogP contribution in [0.25, 0.3) is 11.1 Å². The number of benzene rings is 1. The van der Waals surface area contributed by atoms with Crippen LogP contribution in [0.4, 0.5) is 10.2 Å². The third-order valence-corrected chi connectivity index (χ3v) is 4.43. The summed E-state index contributed by atoms with van der Waals surface area (Å²) in [5.74, 6) is -0.392. The maximum Gasteiger partial charge on any atom is 0.313 e. The van der Waals surface area contributed by atoms with Crippen LogP contribution in [0, 0.1) is 11.2 Å². The van der Waals surface area contributed by atoms with Gasteiger partial charge in [-0.05, 0) is 6.07 Å². The molecule has 10 heteroatoms. The number of esters is 1. The van der Waals surface area contributed by atoms with E-state index in [2.05, 4.69) is 10.1 Å². The van der Waals surface area contributed by atoms with E-state index >= 15 is 4.39 Å². The largest absolute Gasteiger partial charge is 0.493 e. The minimum Gasteiger partial charge on any atom is -0.493 e. The van der Waals surface area contributed by atoms with Crippen LogP contribution < -0.4 is 15.4 Å². The molecule has 1 aliphatic rings. The summed E-state index contributed by atoms with van der Waals surface area (Å²) in [6, 6.07) is 6.50. The Morgan fingerprint density at radius 3 is 2.80 bits per heavy atom. The third kappa shape index (κ3) is 4.65. The number of halogens is 1. The van der Waals surface area contributed by atoms with Crippen molar-refractivity contribution < 1.29 is 23.5 Å². The molecule has 3 rings (SSSR count). The lowest BCUT2D eigenvalue weighted by Gasteiger charge is -2.33. The van der Waals surface area contributed by atoms with Gasteiger partial charge in [0.05, 0.1) is 25.9 Å². The van der Waals surface area contributed by atoms with Crippen LogP contribution in [0.2, 0.25) is 0 Å². The number of hydrogen-bond acceptors (Lipinski definition) is 8. The van der Waals surface area contributed by atoms with Gasteiger partial charge in [-0.25, -0.2) is 9.37 Å². The van der Waals surface area contributed by atoms with E-state index in [0.29, 0.717) is 35.8 Å². The fraction of sp³-hybridized carbons (Fsp3) is 0.300. The lowest BCUT2D eigenvalue weighted by atomic mass is 10.0. The second-order valence-electron chi connectivity index (χ2n) is 6.59. The fourth-order valence-electron chi connectivity index (χ4n) is 2.98. The van der Waals surface area contributed by atoms with Crippen molar-refractivity contribution in [3.05, 3.63) is 41.8 Å². The highest BCUT2D eigenvalue weighted by atomic mass is 19.1. The summed E-state index contributed by atoms with van der Waals surface area (Å²) in [5.41, 5.74) is 7.09. The number of hydrogen-bond donors (Lipinski definition) is 2. The molecule has 1 aromatic carbocycles. The van der Waals surface area contributed by atoms with Gasteiger partial charge in [-0.15, -0.1) is 0 Å². The fourth-order valence-corrected chi connectivity index (χ4v) is 2.98. The highest BCUT2D eigenvalue weighted by molar-refractivity contribution is 5.99. The summed E-state index contributed by atoms with van der Waals surface area (Å²) in [7, 11) is 3.02. The Balaban J connectivity index is 1.79. The van der Waals surface area contributed by atoms with Gasteiger partial charge in [-0.2, -0.15) is 0 Å². The molecule has 1 fully saturated rings. The number of methoxy groups -OCH3 is 1. The molecule has 0 amide bonds. The molecule has 2 aromatic rings. The summed E-state index contributed by atoms with van der Waals surface area (Å²) >= 11 is 0. The molecular formula is C20H22FN5O4. The van der Waals surface area contributed by atoms with Crippen molar-refractivity contribution in [1.82, 2.24) is 4.98 Å². The second-order valence-corrected chi connectivity index (χ2v) is 6.59. The van der Waals surface area contributed by atoms with Crippen molar-refractivity contribution >= 4 is 23.3 Å². The Morgan fingerprint density at radius 2 is 2.13 bits per heavy atom. The summed E-state index contributed by atoms with van der Waals surface area (Å²) in [4.78, 5) is 22.7. The average Bonchev–Trinajstić information content (AvgIpc) is 2.69. The maximum absolute atomic E-state index is 15.0. The Morgan fingerprint density at radius 1 is 1.37 bits per heavy atom. The molecular weight excluding hydrogens is 393 g/mol. The van der Waals surface area contributed by atoms with Crippen LogP contribution in [-0.2, 0) is 21.0 Å². The Bertz CT molecular complexity index is 987. The lowest BCUT2D eigenvalue weighted by molar-refractivity contribution is -0.143. The predicted octanol–water partition coefficient (Wildman–Crippen LogP) is 2.09. The van der Waals surface area contributed by atoms with Crippen LogP contribution >= 0.6 is 0 Å². The highest BCUT2D eigenvalue weighted by Crippen LogP contribution is 2.34. The van der Waals surface area contributed by atoms with E-state index in [0.717, 1.165) is 5.71 Å². The van der Waals surface area contributed by atoms with Gasteiger partial charge in [0.15, 0.2) is 11.6 Å². The zero-order chi connectivity index (χ0) is 21.7. The number of carbonyl (C=O) groups excluding carboxylic acids is 1. The molecule has 0 unspecified atom stereocenters. The van der Waals surface area contributed by atoms with E-state index in [1.807, 2.05) is 4.90 Å². The summed E-state index contributed by atoms with van der Waals surface area (Å²) in [6.45, 7) is 0.891. The molecule has 30 heavy (non-hydrogen) atoms. The normalized spacial score (nSPS) is 12.8. The van der Waals surface area contributed by atoms with Crippen LogP contribution in [0.15, 0.2) is 35.6 Å². The molecule has 1 aromatic heterocycles. The predicted molar refractivity (Wildman–Crippen MR) is 109 cm³/mol. The number of pyridine rings is 1. The molecule has 0 saturated carbocycles. The van der Waals surface area contributed by atoms with Gasteiger partial charge in [0.25, 0.3) is 0 Å². The molecule has 0 bridgehead atoms. The Kier molecular flexibility index (Phi) is 6.45. The number of nitrogens with one attached hydrogen (secondary N) is 1. The van der Waals surface area contributed by atoms with Crippen LogP contribution in [0.1, 0.15) is 12.0 Å². The topological polar surface area (TPSA) is 123 Å². The Labute approximate surface area is 172 Å². The Hall–Kier alpha value is -3.69. The lowest BCUT2D eigenvalue weighted by Crippen LogP contribution is -2.48. The van der Waals surface area contributed by atoms with Crippen molar-refractivity contribution in [3.8, 4) is 16.9 Å². The van der Waals surface area contributed by atoms with Crippen molar-refractivity contribution in [3.63, 3.8) is 0 Å². The first kappa shape index (κ1) is 21.0.